The monoisotopic (exact) mass is 298 g/mol. The van der Waals surface area contributed by atoms with E-state index in [1.807, 2.05) is 16.8 Å². The Kier molecular flexibility index (Phi) is 2.97. The molecule has 0 aliphatic heterocycles. The zero-order valence-electron chi connectivity index (χ0n) is 11.6. The summed E-state index contributed by atoms with van der Waals surface area (Å²) < 4.78 is 2.00. The second-order valence-corrected chi connectivity index (χ2v) is 6.38. The summed E-state index contributed by atoms with van der Waals surface area (Å²) in [6, 6.07) is 7.67. The molecule has 0 spiro atoms. The molecule has 0 radical (unpaired) electrons. The lowest BCUT2D eigenvalue weighted by Crippen LogP contribution is -2.07. The minimum Gasteiger partial charge on any atom is -0.245 e. The SMILES string of the molecule is N#Cc1cc(Cl)ccc1Cn1nc(C2CC2)nc1C1CC1. The summed E-state index contributed by atoms with van der Waals surface area (Å²) in [5.41, 5.74) is 1.57. The molecule has 2 fully saturated rings. The van der Waals surface area contributed by atoms with Crippen LogP contribution in [0.5, 0.6) is 0 Å². The largest absolute Gasteiger partial charge is 0.245 e. The summed E-state index contributed by atoms with van der Waals surface area (Å²) >= 11 is 5.96. The van der Waals surface area contributed by atoms with E-state index in [2.05, 4.69) is 11.2 Å². The molecule has 1 heterocycles. The van der Waals surface area contributed by atoms with Gasteiger partial charge in [-0.1, -0.05) is 17.7 Å². The topological polar surface area (TPSA) is 54.5 Å². The third kappa shape index (κ3) is 2.54. The highest BCUT2D eigenvalue weighted by Gasteiger charge is 2.34. The van der Waals surface area contributed by atoms with Crippen LogP contribution in [0, 0.1) is 11.3 Å². The van der Waals surface area contributed by atoms with Gasteiger partial charge in [0.25, 0.3) is 0 Å². The third-order valence-electron chi connectivity index (χ3n) is 4.11. The van der Waals surface area contributed by atoms with Gasteiger partial charge in [-0.25, -0.2) is 9.67 Å². The molecular weight excluding hydrogens is 284 g/mol. The van der Waals surface area contributed by atoms with E-state index < -0.39 is 0 Å². The number of rotatable bonds is 4. The second kappa shape index (κ2) is 4.85. The van der Waals surface area contributed by atoms with Crippen LogP contribution in [0.15, 0.2) is 18.2 Å². The highest BCUT2D eigenvalue weighted by molar-refractivity contribution is 6.30. The highest BCUT2D eigenvalue weighted by atomic mass is 35.5. The van der Waals surface area contributed by atoms with Crippen molar-refractivity contribution in [2.45, 2.75) is 44.1 Å². The lowest BCUT2D eigenvalue weighted by atomic mass is 10.1. The van der Waals surface area contributed by atoms with E-state index in [4.69, 9.17) is 16.6 Å². The lowest BCUT2D eigenvalue weighted by Gasteiger charge is -2.07. The molecule has 0 amide bonds. The van der Waals surface area contributed by atoms with Crippen molar-refractivity contribution >= 4 is 11.6 Å². The van der Waals surface area contributed by atoms with Gasteiger partial charge in [0.05, 0.1) is 18.2 Å². The Bertz CT molecular complexity index is 735. The predicted molar refractivity (Wildman–Crippen MR) is 79.2 cm³/mol. The first-order valence-electron chi connectivity index (χ1n) is 7.38. The average molecular weight is 299 g/mol. The standard InChI is InChI=1S/C16H15ClN4/c17-14-6-5-12(13(7-14)8-18)9-21-16(11-3-4-11)19-15(20-21)10-1-2-10/h5-7,10-11H,1-4,9H2. The van der Waals surface area contributed by atoms with Gasteiger partial charge in [-0.05, 0) is 43.4 Å². The fourth-order valence-electron chi connectivity index (χ4n) is 2.60. The number of nitriles is 1. The normalized spacial score (nSPS) is 17.7. The van der Waals surface area contributed by atoms with Gasteiger partial charge in [0.1, 0.15) is 5.82 Å². The zero-order valence-corrected chi connectivity index (χ0v) is 12.3. The number of aromatic nitrogens is 3. The van der Waals surface area contributed by atoms with Crippen molar-refractivity contribution in [3.8, 4) is 6.07 Å². The molecule has 0 atom stereocenters. The number of benzene rings is 1. The average Bonchev–Trinajstić information content (AvgIpc) is 3.39. The van der Waals surface area contributed by atoms with Gasteiger partial charge >= 0.3 is 0 Å². The number of hydrogen-bond donors (Lipinski definition) is 0. The molecule has 1 aromatic carbocycles. The molecule has 4 nitrogen and oxygen atoms in total. The van der Waals surface area contributed by atoms with Crippen LogP contribution in [0.3, 0.4) is 0 Å². The van der Waals surface area contributed by atoms with Crippen LogP contribution in [0.2, 0.25) is 5.02 Å². The second-order valence-electron chi connectivity index (χ2n) is 5.95. The van der Waals surface area contributed by atoms with Gasteiger partial charge in [0, 0.05) is 16.9 Å². The molecule has 5 heteroatoms. The van der Waals surface area contributed by atoms with Gasteiger partial charge in [0.15, 0.2) is 5.82 Å². The van der Waals surface area contributed by atoms with Crippen LogP contribution in [0.25, 0.3) is 0 Å². The van der Waals surface area contributed by atoms with Gasteiger partial charge in [0.2, 0.25) is 0 Å². The van der Waals surface area contributed by atoms with Crippen LogP contribution in [-0.2, 0) is 6.54 Å². The molecule has 2 aliphatic rings. The summed E-state index contributed by atoms with van der Waals surface area (Å²) in [5.74, 6) is 3.20. The summed E-state index contributed by atoms with van der Waals surface area (Å²) in [4.78, 5) is 4.75. The fourth-order valence-corrected chi connectivity index (χ4v) is 2.77. The molecule has 21 heavy (non-hydrogen) atoms. The first kappa shape index (κ1) is 12.8. The summed E-state index contributed by atoms with van der Waals surface area (Å²) in [7, 11) is 0. The van der Waals surface area contributed by atoms with Gasteiger partial charge in [-0.3, -0.25) is 0 Å². The van der Waals surface area contributed by atoms with Crippen LogP contribution in [0.4, 0.5) is 0 Å². The maximum atomic E-state index is 9.26. The first-order valence-corrected chi connectivity index (χ1v) is 7.75. The van der Waals surface area contributed by atoms with Crippen LogP contribution < -0.4 is 0 Å². The minimum absolute atomic E-state index is 0.558. The smallest absolute Gasteiger partial charge is 0.154 e. The summed E-state index contributed by atoms with van der Waals surface area (Å²) in [6.07, 6.45) is 4.82. The van der Waals surface area contributed by atoms with Crippen molar-refractivity contribution in [3.63, 3.8) is 0 Å². The molecule has 2 saturated carbocycles. The van der Waals surface area contributed by atoms with Crippen LogP contribution in [0.1, 0.15) is 60.3 Å². The van der Waals surface area contributed by atoms with Crippen molar-refractivity contribution < 1.29 is 0 Å². The number of hydrogen-bond acceptors (Lipinski definition) is 3. The van der Waals surface area contributed by atoms with E-state index in [9.17, 15) is 5.26 Å². The lowest BCUT2D eigenvalue weighted by molar-refractivity contribution is 0.632. The molecule has 106 valence electrons. The molecule has 0 unspecified atom stereocenters. The van der Waals surface area contributed by atoms with Crippen LogP contribution >= 0.6 is 11.6 Å². The van der Waals surface area contributed by atoms with E-state index in [0.29, 0.717) is 29.0 Å². The van der Waals surface area contributed by atoms with E-state index in [1.165, 1.54) is 25.7 Å². The van der Waals surface area contributed by atoms with Crippen molar-refractivity contribution in [2.24, 2.45) is 0 Å². The zero-order chi connectivity index (χ0) is 14.4. The maximum absolute atomic E-state index is 9.26. The van der Waals surface area contributed by atoms with Crippen molar-refractivity contribution in [1.29, 1.82) is 5.26 Å². The Morgan fingerprint density at radius 1 is 1.24 bits per heavy atom. The third-order valence-corrected chi connectivity index (χ3v) is 4.35. The Balaban J connectivity index is 1.69. The Morgan fingerprint density at radius 2 is 2.00 bits per heavy atom. The Morgan fingerprint density at radius 3 is 2.67 bits per heavy atom. The Hall–Kier alpha value is -1.86. The quantitative estimate of drug-likeness (QED) is 0.866. The van der Waals surface area contributed by atoms with E-state index in [1.54, 1.807) is 6.07 Å². The highest BCUT2D eigenvalue weighted by Crippen LogP contribution is 2.43. The van der Waals surface area contributed by atoms with E-state index >= 15 is 0 Å². The minimum atomic E-state index is 0.558. The molecule has 0 N–H and O–H groups in total. The molecule has 0 saturated heterocycles. The fraction of sp³-hybridized carbons (Fsp3) is 0.438. The van der Waals surface area contributed by atoms with E-state index in [-0.39, 0.29) is 0 Å². The predicted octanol–water partition coefficient (Wildman–Crippen LogP) is 3.61. The number of halogens is 1. The summed E-state index contributed by atoms with van der Waals surface area (Å²) in [6.45, 7) is 0.603. The molecule has 0 bridgehead atoms. The molecule has 2 aliphatic carbocycles. The van der Waals surface area contributed by atoms with E-state index in [0.717, 1.165) is 17.2 Å². The number of nitrogens with zero attached hydrogens (tertiary/aromatic N) is 4. The molecule has 2 aromatic rings. The van der Waals surface area contributed by atoms with Crippen molar-refractivity contribution in [3.05, 3.63) is 46.0 Å². The molecule has 4 rings (SSSR count). The van der Waals surface area contributed by atoms with Gasteiger partial charge in [-0.2, -0.15) is 10.4 Å². The summed E-state index contributed by atoms with van der Waals surface area (Å²) in [5, 5.41) is 14.5. The van der Waals surface area contributed by atoms with Crippen molar-refractivity contribution in [1.82, 2.24) is 14.8 Å². The maximum Gasteiger partial charge on any atom is 0.154 e. The molecular formula is C16H15ClN4. The first-order chi connectivity index (χ1) is 10.2. The van der Waals surface area contributed by atoms with Crippen molar-refractivity contribution in [2.75, 3.05) is 0 Å². The van der Waals surface area contributed by atoms with Gasteiger partial charge < -0.3 is 0 Å². The van der Waals surface area contributed by atoms with Crippen LogP contribution in [-0.4, -0.2) is 14.8 Å². The van der Waals surface area contributed by atoms with Gasteiger partial charge in [-0.15, -0.1) is 0 Å². The Labute approximate surface area is 128 Å². The molecule has 1 aromatic heterocycles.